The largest absolute Gasteiger partial charge is 1.00 e. The molecule has 1 heterocycles. The van der Waals surface area contributed by atoms with Crippen molar-refractivity contribution in [2.24, 2.45) is 5.73 Å². The molecule has 0 aliphatic carbocycles. The Hall–Kier alpha value is -1.78. The van der Waals surface area contributed by atoms with Crippen molar-refractivity contribution in [2.75, 3.05) is 0 Å². The monoisotopic (exact) mass is 252 g/mol. The first-order valence-corrected chi connectivity index (χ1v) is 4.84. The highest BCUT2D eigenvalue weighted by Crippen LogP contribution is 2.25. The Kier molecular flexibility index (Phi) is 4.31. The van der Waals surface area contributed by atoms with E-state index in [1.54, 1.807) is 0 Å². The van der Waals surface area contributed by atoms with Crippen LogP contribution in [0.2, 0.25) is 0 Å². The van der Waals surface area contributed by atoms with E-state index >= 15 is 0 Å². The Bertz CT molecular complexity index is 508. The van der Waals surface area contributed by atoms with Gasteiger partial charge in [-0.05, 0) is 6.07 Å². The third kappa shape index (κ3) is 2.67. The quantitative estimate of drug-likeness (QED) is 0.743. The van der Waals surface area contributed by atoms with Gasteiger partial charge in [-0.1, -0.05) is 30.3 Å². The molecule has 0 radical (unpaired) electrons. The third-order valence-corrected chi connectivity index (χ3v) is 2.28. The molecule has 17 heavy (non-hydrogen) atoms. The average molecular weight is 253 g/mol. The molecular weight excluding hydrogens is 242 g/mol. The predicted molar refractivity (Wildman–Crippen MR) is 59.0 cm³/mol. The fourth-order valence-corrected chi connectivity index (χ4v) is 1.51. The standard InChI is InChI=1S/C12H11NO3.ClH/c13-7-11-9(12(14)15)6-10(16-11)8-4-2-1-3-5-8;/h1-6H,7,13H2,(H,14,15);1H/p-1. The second-order valence-electron chi connectivity index (χ2n) is 3.32. The lowest BCUT2D eigenvalue weighted by atomic mass is 10.1. The number of carbonyl (C=O) groups is 1. The highest BCUT2D eigenvalue weighted by Gasteiger charge is 2.16. The minimum atomic E-state index is -1.02. The van der Waals surface area contributed by atoms with Gasteiger partial charge < -0.3 is 27.7 Å². The highest BCUT2D eigenvalue weighted by atomic mass is 35.5. The zero-order chi connectivity index (χ0) is 11.5. The molecule has 0 bridgehead atoms. The summed E-state index contributed by atoms with van der Waals surface area (Å²) in [5.41, 5.74) is 6.39. The fourth-order valence-electron chi connectivity index (χ4n) is 1.51. The first-order chi connectivity index (χ1) is 7.72. The summed E-state index contributed by atoms with van der Waals surface area (Å²) in [4.78, 5) is 10.9. The van der Waals surface area contributed by atoms with Crippen molar-refractivity contribution < 1.29 is 26.7 Å². The summed E-state index contributed by atoms with van der Waals surface area (Å²) in [5, 5.41) is 8.94. The van der Waals surface area contributed by atoms with Crippen molar-refractivity contribution >= 4 is 5.97 Å². The molecule has 0 spiro atoms. The summed E-state index contributed by atoms with van der Waals surface area (Å²) >= 11 is 0. The molecule has 0 aliphatic heterocycles. The van der Waals surface area contributed by atoms with Crippen LogP contribution in [0, 0.1) is 0 Å². The number of carboxylic acids is 1. The predicted octanol–water partition coefficient (Wildman–Crippen LogP) is -0.892. The maximum atomic E-state index is 10.9. The summed E-state index contributed by atoms with van der Waals surface area (Å²) in [6.45, 7) is 0.0778. The Morgan fingerprint density at radius 1 is 1.29 bits per heavy atom. The van der Waals surface area contributed by atoms with Crippen LogP contribution < -0.4 is 18.1 Å². The van der Waals surface area contributed by atoms with Gasteiger partial charge in [0.1, 0.15) is 17.1 Å². The van der Waals surface area contributed by atoms with Crippen LogP contribution in [0.5, 0.6) is 0 Å². The van der Waals surface area contributed by atoms with Crippen LogP contribution in [0.3, 0.4) is 0 Å². The van der Waals surface area contributed by atoms with Crippen molar-refractivity contribution in [3.05, 3.63) is 47.7 Å². The van der Waals surface area contributed by atoms with E-state index in [0.29, 0.717) is 11.5 Å². The molecule has 0 unspecified atom stereocenters. The van der Waals surface area contributed by atoms with Crippen LogP contribution in [-0.2, 0) is 6.54 Å². The summed E-state index contributed by atoms with van der Waals surface area (Å²) in [5.74, 6) is -0.198. The number of furan rings is 1. The lowest BCUT2D eigenvalue weighted by molar-refractivity contribution is -0.0000198. The average Bonchev–Trinajstić information content (AvgIpc) is 2.74. The van der Waals surface area contributed by atoms with Crippen LogP contribution in [0.4, 0.5) is 0 Å². The summed E-state index contributed by atoms with van der Waals surface area (Å²) in [7, 11) is 0. The number of nitrogens with two attached hydrogens (primary N) is 1. The molecule has 0 aliphatic rings. The fraction of sp³-hybridized carbons (Fsp3) is 0.0833. The van der Waals surface area contributed by atoms with Crippen molar-refractivity contribution in [1.82, 2.24) is 0 Å². The van der Waals surface area contributed by atoms with E-state index in [1.165, 1.54) is 6.07 Å². The molecule has 0 fully saturated rings. The Morgan fingerprint density at radius 2 is 1.94 bits per heavy atom. The smallest absolute Gasteiger partial charge is 0.339 e. The summed E-state index contributed by atoms with van der Waals surface area (Å²) in [6.07, 6.45) is 0. The van der Waals surface area contributed by atoms with Gasteiger partial charge in [-0.25, -0.2) is 4.79 Å². The van der Waals surface area contributed by atoms with Gasteiger partial charge in [-0.2, -0.15) is 0 Å². The number of rotatable bonds is 3. The second-order valence-corrected chi connectivity index (χ2v) is 3.32. The normalized spacial score (nSPS) is 9.71. The van der Waals surface area contributed by atoms with Crippen LogP contribution in [0.1, 0.15) is 16.1 Å². The highest BCUT2D eigenvalue weighted by molar-refractivity contribution is 5.90. The Balaban J connectivity index is 0.00000144. The summed E-state index contributed by atoms with van der Waals surface area (Å²) in [6, 6.07) is 10.8. The van der Waals surface area contributed by atoms with Crippen LogP contribution in [-0.4, -0.2) is 11.1 Å². The van der Waals surface area contributed by atoms with E-state index in [4.69, 9.17) is 15.3 Å². The zero-order valence-corrected chi connectivity index (χ0v) is 9.65. The maximum absolute atomic E-state index is 10.9. The lowest BCUT2D eigenvalue weighted by Gasteiger charge is -1.94. The summed E-state index contributed by atoms with van der Waals surface area (Å²) < 4.78 is 5.41. The molecule has 0 atom stereocenters. The SMILES string of the molecule is NCc1oc(-c2ccccc2)cc1C(=O)O.[Cl-]. The molecule has 90 valence electrons. The van der Waals surface area contributed by atoms with Gasteiger partial charge in [-0.15, -0.1) is 0 Å². The van der Waals surface area contributed by atoms with E-state index in [1.807, 2.05) is 30.3 Å². The first kappa shape index (κ1) is 13.3. The molecular formula is C12H11ClNO3-. The van der Waals surface area contributed by atoms with Crippen LogP contribution >= 0.6 is 0 Å². The van der Waals surface area contributed by atoms with Crippen molar-refractivity contribution in [2.45, 2.75) is 6.54 Å². The molecule has 0 saturated heterocycles. The Labute approximate surface area is 104 Å². The number of carboxylic acid groups (broad SMARTS) is 1. The molecule has 5 heteroatoms. The number of aromatic carboxylic acids is 1. The van der Waals surface area contributed by atoms with Gasteiger partial charge in [0, 0.05) is 5.56 Å². The molecule has 2 aromatic rings. The number of hydrogen-bond donors (Lipinski definition) is 2. The van der Waals surface area contributed by atoms with Gasteiger partial charge in [0.25, 0.3) is 0 Å². The van der Waals surface area contributed by atoms with Gasteiger partial charge in [-0.3, -0.25) is 0 Å². The molecule has 0 saturated carbocycles. The van der Waals surface area contributed by atoms with E-state index in [-0.39, 0.29) is 24.5 Å². The van der Waals surface area contributed by atoms with Gasteiger partial charge in [0.05, 0.1) is 6.54 Å². The van der Waals surface area contributed by atoms with Crippen molar-refractivity contribution in [1.29, 1.82) is 0 Å². The topological polar surface area (TPSA) is 76.5 Å². The molecule has 0 amide bonds. The molecule has 4 nitrogen and oxygen atoms in total. The van der Waals surface area contributed by atoms with Gasteiger partial charge >= 0.3 is 5.97 Å². The van der Waals surface area contributed by atoms with E-state index < -0.39 is 5.97 Å². The molecule has 2 rings (SSSR count). The minimum absolute atomic E-state index is 0. The number of hydrogen-bond acceptors (Lipinski definition) is 3. The minimum Gasteiger partial charge on any atom is -1.00 e. The number of halogens is 1. The van der Waals surface area contributed by atoms with E-state index in [0.717, 1.165) is 5.56 Å². The Morgan fingerprint density at radius 3 is 2.41 bits per heavy atom. The second kappa shape index (κ2) is 5.52. The first-order valence-electron chi connectivity index (χ1n) is 4.84. The number of benzene rings is 1. The van der Waals surface area contributed by atoms with E-state index in [2.05, 4.69) is 0 Å². The molecule has 3 N–H and O–H groups in total. The maximum Gasteiger partial charge on any atom is 0.339 e. The zero-order valence-electron chi connectivity index (χ0n) is 8.89. The molecule has 1 aromatic carbocycles. The van der Waals surface area contributed by atoms with Crippen molar-refractivity contribution in [3.63, 3.8) is 0 Å². The van der Waals surface area contributed by atoms with Crippen molar-refractivity contribution in [3.8, 4) is 11.3 Å². The van der Waals surface area contributed by atoms with Crippen LogP contribution in [0.25, 0.3) is 11.3 Å². The molecule has 1 aromatic heterocycles. The van der Waals surface area contributed by atoms with Gasteiger partial charge in [0.2, 0.25) is 0 Å². The van der Waals surface area contributed by atoms with Gasteiger partial charge in [0.15, 0.2) is 0 Å². The lowest BCUT2D eigenvalue weighted by Crippen LogP contribution is -3.00. The van der Waals surface area contributed by atoms with E-state index in [9.17, 15) is 4.79 Å². The third-order valence-electron chi connectivity index (χ3n) is 2.28. The van der Waals surface area contributed by atoms with Crippen LogP contribution in [0.15, 0.2) is 40.8 Å².